The highest BCUT2D eigenvalue weighted by Gasteiger charge is 2.58. The average Bonchev–Trinajstić information content (AvgIpc) is 3.03. The Morgan fingerprint density at radius 3 is 2.74 bits per heavy atom. The molecule has 2 atom stereocenters. The van der Waals surface area contributed by atoms with Crippen molar-refractivity contribution in [3.8, 4) is 0 Å². The van der Waals surface area contributed by atoms with Crippen LogP contribution in [0.2, 0.25) is 5.02 Å². The summed E-state index contributed by atoms with van der Waals surface area (Å²) in [6.45, 7) is 1.83. The molecule has 0 saturated heterocycles. The molecule has 2 aromatic carbocycles. The van der Waals surface area contributed by atoms with E-state index in [1.54, 1.807) is 48.8 Å². The van der Waals surface area contributed by atoms with E-state index in [1.165, 1.54) is 18.2 Å². The standard InChI is InChI=1S/C24H17ClFN3O2/c1-13-4-6-16(26)10-17(13)22-24(18-7-5-15(25)9-20(18)28-23(24)31)19(11-21(30)29-22)14-3-2-8-27-12-14/h2-12,22H,1H3,(H,28,31)(H,29,30). The Bertz CT molecular complexity index is 1280. The Morgan fingerprint density at radius 2 is 1.97 bits per heavy atom. The first-order valence-electron chi connectivity index (χ1n) is 9.72. The predicted molar refractivity (Wildman–Crippen MR) is 116 cm³/mol. The van der Waals surface area contributed by atoms with Crippen LogP contribution < -0.4 is 10.6 Å². The van der Waals surface area contributed by atoms with Gasteiger partial charge in [0.15, 0.2) is 0 Å². The van der Waals surface area contributed by atoms with Gasteiger partial charge in [0, 0.05) is 29.2 Å². The number of halogens is 2. The fourth-order valence-corrected chi connectivity index (χ4v) is 4.79. The molecule has 0 radical (unpaired) electrons. The third-order valence-electron chi connectivity index (χ3n) is 5.96. The number of carbonyl (C=O) groups is 2. The minimum atomic E-state index is -1.32. The molecule has 0 bridgehead atoms. The Labute approximate surface area is 183 Å². The van der Waals surface area contributed by atoms with Crippen molar-refractivity contribution >= 4 is 34.7 Å². The second-order valence-electron chi connectivity index (χ2n) is 7.69. The van der Waals surface area contributed by atoms with Crippen molar-refractivity contribution in [3.05, 3.63) is 100 Å². The summed E-state index contributed by atoms with van der Waals surface area (Å²) in [6, 6.07) is 12.2. The van der Waals surface area contributed by atoms with Crippen LogP contribution in [0.25, 0.3) is 5.57 Å². The van der Waals surface area contributed by atoms with Crippen molar-refractivity contribution in [1.82, 2.24) is 10.3 Å². The molecule has 2 amide bonds. The molecule has 3 aromatic rings. The second-order valence-corrected chi connectivity index (χ2v) is 8.13. The van der Waals surface area contributed by atoms with Crippen molar-refractivity contribution in [1.29, 1.82) is 0 Å². The number of carbonyl (C=O) groups excluding carboxylic acids is 2. The number of aryl methyl sites for hydroxylation is 1. The summed E-state index contributed by atoms with van der Waals surface area (Å²) in [5, 5.41) is 6.31. The summed E-state index contributed by atoms with van der Waals surface area (Å²) in [6.07, 6.45) is 4.66. The normalized spacial score (nSPS) is 22.0. The molecule has 2 unspecified atom stereocenters. The molecule has 1 spiro atoms. The van der Waals surface area contributed by atoms with Crippen molar-refractivity contribution < 1.29 is 14.0 Å². The van der Waals surface area contributed by atoms with Gasteiger partial charge in [-0.15, -0.1) is 0 Å². The third kappa shape index (κ3) is 2.86. The minimum Gasteiger partial charge on any atom is -0.344 e. The van der Waals surface area contributed by atoms with Gasteiger partial charge in [0.2, 0.25) is 11.8 Å². The van der Waals surface area contributed by atoms with Crippen LogP contribution in [0.1, 0.15) is 28.3 Å². The van der Waals surface area contributed by atoms with Gasteiger partial charge in [0.05, 0.1) is 6.04 Å². The van der Waals surface area contributed by atoms with E-state index in [0.717, 1.165) is 5.56 Å². The number of rotatable bonds is 2. The lowest BCUT2D eigenvalue weighted by molar-refractivity contribution is -0.122. The number of fused-ring (bicyclic) bond motifs is 2. The van der Waals surface area contributed by atoms with Crippen LogP contribution in [-0.2, 0) is 15.0 Å². The molecule has 0 aliphatic carbocycles. The van der Waals surface area contributed by atoms with Crippen LogP contribution >= 0.6 is 11.6 Å². The molecule has 3 heterocycles. The first kappa shape index (κ1) is 19.5. The van der Waals surface area contributed by atoms with Gasteiger partial charge in [-0.25, -0.2) is 4.39 Å². The van der Waals surface area contributed by atoms with E-state index in [-0.39, 0.29) is 11.8 Å². The maximum atomic E-state index is 14.3. The largest absolute Gasteiger partial charge is 0.344 e. The predicted octanol–water partition coefficient (Wildman–Crippen LogP) is 4.33. The number of hydrogen-bond donors (Lipinski definition) is 2. The molecule has 5 rings (SSSR count). The summed E-state index contributed by atoms with van der Waals surface area (Å²) < 4.78 is 14.3. The van der Waals surface area contributed by atoms with Crippen molar-refractivity contribution in [2.24, 2.45) is 0 Å². The van der Waals surface area contributed by atoms with E-state index in [4.69, 9.17) is 11.6 Å². The van der Waals surface area contributed by atoms with Crippen LogP contribution in [0.5, 0.6) is 0 Å². The van der Waals surface area contributed by atoms with Gasteiger partial charge in [-0.2, -0.15) is 0 Å². The van der Waals surface area contributed by atoms with E-state index in [1.807, 2.05) is 6.92 Å². The Hall–Kier alpha value is -3.51. The number of nitrogens with one attached hydrogen (secondary N) is 2. The van der Waals surface area contributed by atoms with Crippen LogP contribution in [0.15, 0.2) is 67.0 Å². The van der Waals surface area contributed by atoms with Crippen LogP contribution in [0, 0.1) is 12.7 Å². The molecule has 31 heavy (non-hydrogen) atoms. The molecule has 2 aliphatic rings. The van der Waals surface area contributed by atoms with E-state index in [0.29, 0.717) is 33.0 Å². The highest BCUT2D eigenvalue weighted by Crippen LogP contribution is 2.55. The molecule has 2 N–H and O–H groups in total. The average molecular weight is 434 g/mol. The lowest BCUT2D eigenvalue weighted by Gasteiger charge is -2.42. The van der Waals surface area contributed by atoms with Gasteiger partial charge in [-0.3, -0.25) is 14.6 Å². The fraction of sp³-hybridized carbons (Fsp3) is 0.125. The summed E-state index contributed by atoms with van der Waals surface area (Å²) in [4.78, 5) is 30.7. The Balaban J connectivity index is 1.87. The molecule has 154 valence electrons. The van der Waals surface area contributed by atoms with Crippen molar-refractivity contribution in [3.63, 3.8) is 0 Å². The number of pyridine rings is 1. The zero-order valence-electron chi connectivity index (χ0n) is 16.4. The maximum Gasteiger partial charge on any atom is 0.244 e. The molecular formula is C24H17ClFN3O2. The summed E-state index contributed by atoms with van der Waals surface area (Å²) in [5.74, 6) is -1.14. The smallest absolute Gasteiger partial charge is 0.244 e. The second kappa shape index (κ2) is 7.03. The number of nitrogens with zero attached hydrogens (tertiary/aromatic N) is 1. The molecule has 0 fully saturated rings. The lowest BCUT2D eigenvalue weighted by atomic mass is 9.63. The van der Waals surface area contributed by atoms with Gasteiger partial charge in [-0.05, 0) is 65.1 Å². The fourth-order valence-electron chi connectivity index (χ4n) is 4.62. The minimum absolute atomic E-state index is 0.325. The zero-order chi connectivity index (χ0) is 21.8. The van der Waals surface area contributed by atoms with Gasteiger partial charge < -0.3 is 10.6 Å². The summed E-state index contributed by atoms with van der Waals surface area (Å²) in [7, 11) is 0. The highest BCUT2D eigenvalue weighted by atomic mass is 35.5. The van der Waals surface area contributed by atoms with E-state index in [9.17, 15) is 14.0 Å². The maximum absolute atomic E-state index is 14.3. The van der Waals surface area contributed by atoms with Crippen LogP contribution in [-0.4, -0.2) is 16.8 Å². The monoisotopic (exact) mass is 433 g/mol. The number of anilines is 1. The van der Waals surface area contributed by atoms with Crippen molar-refractivity contribution in [2.45, 2.75) is 18.4 Å². The third-order valence-corrected chi connectivity index (χ3v) is 6.19. The quantitative estimate of drug-likeness (QED) is 0.632. The van der Waals surface area contributed by atoms with Crippen LogP contribution in [0.3, 0.4) is 0 Å². The summed E-state index contributed by atoms with van der Waals surface area (Å²) in [5.41, 5.74) is 2.31. The Kier molecular flexibility index (Phi) is 4.41. The van der Waals surface area contributed by atoms with Crippen molar-refractivity contribution in [2.75, 3.05) is 5.32 Å². The molecule has 5 nitrogen and oxygen atoms in total. The Morgan fingerprint density at radius 1 is 1.13 bits per heavy atom. The molecule has 7 heteroatoms. The number of amides is 2. The van der Waals surface area contributed by atoms with Crippen LogP contribution in [0.4, 0.5) is 10.1 Å². The van der Waals surface area contributed by atoms with Gasteiger partial charge in [-0.1, -0.05) is 29.8 Å². The highest BCUT2D eigenvalue weighted by molar-refractivity contribution is 6.31. The van der Waals surface area contributed by atoms with Gasteiger partial charge in [0.25, 0.3) is 0 Å². The van der Waals surface area contributed by atoms with E-state index < -0.39 is 17.3 Å². The molecule has 2 aliphatic heterocycles. The molecule has 0 saturated carbocycles. The molecular weight excluding hydrogens is 417 g/mol. The molecule has 1 aromatic heterocycles. The first-order chi connectivity index (χ1) is 14.9. The first-order valence-corrected chi connectivity index (χ1v) is 10.1. The van der Waals surface area contributed by atoms with Gasteiger partial charge in [0.1, 0.15) is 11.2 Å². The number of benzene rings is 2. The zero-order valence-corrected chi connectivity index (χ0v) is 17.2. The van der Waals surface area contributed by atoms with Gasteiger partial charge >= 0.3 is 0 Å². The lowest BCUT2D eigenvalue weighted by Crippen LogP contribution is -2.52. The number of hydrogen-bond acceptors (Lipinski definition) is 3. The van der Waals surface area contributed by atoms with E-state index >= 15 is 0 Å². The number of aromatic nitrogens is 1. The van der Waals surface area contributed by atoms with E-state index in [2.05, 4.69) is 15.6 Å². The SMILES string of the molecule is Cc1ccc(F)cc1C1NC(=O)C=C(c2cccnc2)C12C(=O)Nc1cc(Cl)ccc12. The topological polar surface area (TPSA) is 71.1 Å². The summed E-state index contributed by atoms with van der Waals surface area (Å²) >= 11 is 6.18.